The Labute approximate surface area is 226 Å². The van der Waals surface area contributed by atoms with Gasteiger partial charge >= 0.3 is 33.0 Å². The molecule has 0 saturated carbocycles. The number of hydrogen-bond acceptors (Lipinski definition) is 2. The van der Waals surface area contributed by atoms with Crippen LogP contribution in [0.4, 0.5) is 11.4 Å². The molecule has 0 bridgehead atoms. The molecule has 6 rings (SSSR count). The van der Waals surface area contributed by atoms with Crippen LogP contribution in [0.3, 0.4) is 0 Å². The fourth-order valence-electron chi connectivity index (χ4n) is 5.39. The summed E-state index contributed by atoms with van der Waals surface area (Å²) in [7, 11) is 0. The van der Waals surface area contributed by atoms with Crippen molar-refractivity contribution in [2.24, 2.45) is 0 Å². The van der Waals surface area contributed by atoms with Crippen molar-refractivity contribution in [2.45, 2.75) is 5.41 Å². The van der Waals surface area contributed by atoms with Crippen LogP contribution >= 0.6 is 45.7 Å². The quantitative estimate of drug-likeness (QED) is 0.120. The lowest BCUT2D eigenvalue weighted by Gasteiger charge is -2.31. The van der Waals surface area contributed by atoms with Crippen LogP contribution in [-0.4, -0.2) is 33.0 Å². The van der Waals surface area contributed by atoms with Gasteiger partial charge in [0.2, 0.25) is 0 Å². The molecular weight excluding hydrogens is 636 g/mol. The zero-order valence-corrected chi connectivity index (χ0v) is 23.0. The number of hydrogen-bond donors (Lipinski definition) is 0. The van der Waals surface area contributed by atoms with Crippen LogP contribution < -0.4 is 4.19 Å². The Kier molecular flexibility index (Phi) is 5.00. The summed E-state index contributed by atoms with van der Waals surface area (Å²) >= 11 is 10.1. The minimum Gasteiger partial charge on any atom is -0.428 e. The standard InChI is InChI=1S/C25H14I2N2.2Al/c26-28-15-9-11-23-19(13-15)17-5-1-3-7-21(17)25(23)22-8-4-2-6-18(22)20-14-16(29-27)10-12-24(20)25;;/h1-14H;;/q-2;2*+1. The van der Waals surface area contributed by atoms with Gasteiger partial charge in [-0.3, -0.25) is 0 Å². The summed E-state index contributed by atoms with van der Waals surface area (Å²) < 4.78 is 4.14. The van der Waals surface area contributed by atoms with Crippen molar-refractivity contribution >= 4 is 90.1 Å². The molecule has 2 nitrogen and oxygen atoms in total. The van der Waals surface area contributed by atoms with Crippen LogP contribution in [0.1, 0.15) is 22.3 Å². The van der Waals surface area contributed by atoms with Gasteiger partial charge in [-0.15, -0.1) is 0 Å². The zero-order chi connectivity index (χ0) is 21.3. The topological polar surface area (TPSA) is 6.48 Å². The van der Waals surface area contributed by atoms with Crippen LogP contribution in [0.15, 0.2) is 84.9 Å². The molecule has 31 heavy (non-hydrogen) atoms. The predicted octanol–water partition coefficient (Wildman–Crippen LogP) is 6.51. The van der Waals surface area contributed by atoms with E-state index < -0.39 is 0 Å². The van der Waals surface area contributed by atoms with E-state index >= 15 is 0 Å². The monoisotopic (exact) mass is 650 g/mol. The maximum Gasteiger partial charge on any atom is 0.327 e. The average Bonchev–Trinajstić information content (AvgIpc) is 3.25. The Hall–Kier alpha value is -0.995. The summed E-state index contributed by atoms with van der Waals surface area (Å²) in [6, 6.07) is 31.6. The minimum absolute atomic E-state index is 0.275. The SMILES string of the molecule is [Al][N](I)c1ccc2c(c1)-c1ccccc1C21c2ccccc2-c2cc([N]([Al])I)ccc21. The molecule has 4 aromatic rings. The molecule has 0 aromatic heterocycles. The van der Waals surface area contributed by atoms with E-state index in [4.69, 9.17) is 0 Å². The lowest BCUT2D eigenvalue weighted by Crippen LogP contribution is -2.25. The summed E-state index contributed by atoms with van der Waals surface area (Å²) in [5, 5.41) is 0. The molecule has 0 atom stereocenters. The van der Waals surface area contributed by atoms with Crippen LogP contribution in [0.5, 0.6) is 0 Å². The fourth-order valence-corrected chi connectivity index (χ4v) is 6.31. The highest BCUT2D eigenvalue weighted by Crippen LogP contribution is 2.63. The molecule has 6 heteroatoms. The van der Waals surface area contributed by atoms with Gasteiger partial charge in [-0.1, -0.05) is 60.7 Å². The van der Waals surface area contributed by atoms with E-state index in [0.29, 0.717) is 0 Å². The molecule has 144 valence electrons. The first kappa shape index (κ1) is 20.6. The average molecular weight is 650 g/mol. The number of halogens is 2. The first-order chi connectivity index (χ1) is 15.0. The second kappa shape index (κ2) is 7.52. The van der Waals surface area contributed by atoms with Crippen molar-refractivity contribution in [3.63, 3.8) is 0 Å². The number of nitrogens with zero attached hydrogens (tertiary/aromatic N) is 2. The summed E-state index contributed by atoms with van der Waals surface area (Å²) in [5.74, 6) is 0. The number of benzene rings is 4. The molecule has 0 saturated heterocycles. The first-order valence-corrected chi connectivity index (χ1v) is 12.9. The Morgan fingerprint density at radius 3 is 1.32 bits per heavy atom. The summed E-state index contributed by atoms with van der Waals surface area (Å²) in [4.78, 5) is 0. The lowest BCUT2D eigenvalue weighted by atomic mass is 9.70. The normalized spacial score (nSPS) is 14.0. The molecule has 0 heterocycles. The van der Waals surface area contributed by atoms with Gasteiger partial charge < -0.3 is 4.19 Å². The van der Waals surface area contributed by atoms with Gasteiger partial charge in [-0.05, 0) is 68.8 Å². The Morgan fingerprint density at radius 1 is 0.516 bits per heavy atom. The van der Waals surface area contributed by atoms with Crippen LogP contribution in [0.2, 0.25) is 0 Å². The van der Waals surface area contributed by atoms with Crippen molar-refractivity contribution in [3.8, 4) is 22.3 Å². The van der Waals surface area contributed by atoms with E-state index in [1.807, 2.05) is 0 Å². The predicted molar refractivity (Wildman–Crippen MR) is 147 cm³/mol. The highest BCUT2D eigenvalue weighted by molar-refractivity contribution is 14.1. The molecule has 2 aliphatic rings. The fraction of sp³-hybridized carbons (Fsp3) is 0.0400. The van der Waals surface area contributed by atoms with Crippen LogP contribution in [0, 0.1) is 0 Å². The van der Waals surface area contributed by atoms with Crippen molar-refractivity contribution < 1.29 is 0 Å². The van der Waals surface area contributed by atoms with Crippen LogP contribution in [0.25, 0.3) is 22.3 Å². The van der Waals surface area contributed by atoms with Gasteiger partial charge in [0.25, 0.3) is 0 Å². The summed E-state index contributed by atoms with van der Waals surface area (Å²) in [5.41, 5.74) is 12.9. The Balaban J connectivity index is 1.77. The third-order valence-corrected chi connectivity index (χ3v) is 8.26. The Morgan fingerprint density at radius 2 is 0.903 bits per heavy atom. The maximum absolute atomic E-state index is 2.76. The molecule has 0 N–H and O–H groups in total. The second-order valence-electron chi connectivity index (χ2n) is 7.92. The molecule has 4 aromatic carbocycles. The minimum atomic E-state index is -0.275. The maximum atomic E-state index is 2.76. The molecule has 1 spiro atoms. The van der Waals surface area contributed by atoms with Crippen molar-refractivity contribution in [3.05, 3.63) is 107 Å². The number of anilines is 2. The van der Waals surface area contributed by atoms with E-state index in [9.17, 15) is 0 Å². The van der Waals surface area contributed by atoms with Gasteiger partial charge in [0, 0.05) is 57.1 Å². The van der Waals surface area contributed by atoms with Gasteiger partial charge in [-0.2, -0.15) is 0 Å². The van der Waals surface area contributed by atoms with E-state index in [1.54, 1.807) is 0 Å². The Bertz CT molecular complexity index is 1260. The third kappa shape index (κ3) is 2.79. The van der Waals surface area contributed by atoms with E-state index in [0.717, 1.165) is 0 Å². The molecule has 2 aliphatic carbocycles. The molecule has 4 radical (unpaired) electrons. The highest BCUT2D eigenvalue weighted by Gasteiger charge is 2.51. The zero-order valence-electron chi connectivity index (χ0n) is 16.4. The van der Waals surface area contributed by atoms with Crippen molar-refractivity contribution in [1.29, 1.82) is 0 Å². The molecule has 0 amide bonds. The van der Waals surface area contributed by atoms with Gasteiger partial charge in [-0.25, -0.2) is 0 Å². The summed E-state index contributed by atoms with van der Waals surface area (Å²) in [6.45, 7) is 0. The number of fused-ring (bicyclic) bond motifs is 10. The van der Waals surface area contributed by atoms with Crippen molar-refractivity contribution in [2.75, 3.05) is 4.19 Å². The lowest BCUT2D eigenvalue weighted by molar-refractivity contribution is 0.794. The highest BCUT2D eigenvalue weighted by atomic mass is 127. The second-order valence-corrected chi connectivity index (χ2v) is 13.1. The molecule has 0 aliphatic heterocycles. The van der Waals surface area contributed by atoms with Crippen LogP contribution in [-0.2, 0) is 5.41 Å². The first-order valence-electron chi connectivity index (χ1n) is 9.93. The largest absolute Gasteiger partial charge is 0.428 e. The van der Waals surface area contributed by atoms with Gasteiger partial charge in [0.1, 0.15) is 0 Å². The molecule has 0 fully saturated rings. The molecular formula is C25H14Al2I2N2. The van der Waals surface area contributed by atoms with Gasteiger partial charge in [0.15, 0.2) is 0 Å². The van der Waals surface area contributed by atoms with Gasteiger partial charge in [0.05, 0.1) is 5.41 Å². The number of rotatable bonds is 2. The third-order valence-electron chi connectivity index (χ3n) is 6.55. The van der Waals surface area contributed by atoms with Crippen molar-refractivity contribution in [1.82, 2.24) is 0 Å². The van der Waals surface area contributed by atoms with E-state index in [-0.39, 0.29) is 5.41 Å². The van der Waals surface area contributed by atoms with E-state index in [2.05, 4.69) is 168 Å². The summed E-state index contributed by atoms with van der Waals surface area (Å²) in [6.07, 6.45) is 0. The van der Waals surface area contributed by atoms with E-state index in [1.165, 1.54) is 55.9 Å². The smallest absolute Gasteiger partial charge is 0.327 e. The molecule has 0 unspecified atom stereocenters.